The number of thiocarbonyl (C=S) groups is 1. The average Bonchev–Trinajstić information content (AvgIpc) is 2.43. The van der Waals surface area contributed by atoms with Crippen molar-refractivity contribution >= 4 is 34.7 Å². The zero-order chi connectivity index (χ0) is 14.4. The fraction of sp³-hybridized carbons (Fsp3) is 0.143. The summed E-state index contributed by atoms with van der Waals surface area (Å²) in [5.41, 5.74) is 0.652. The van der Waals surface area contributed by atoms with E-state index in [-0.39, 0.29) is 5.82 Å². The fourth-order valence-electron chi connectivity index (χ4n) is 1.64. The molecule has 2 N–H and O–H groups in total. The lowest BCUT2D eigenvalue weighted by atomic mass is 10.1. The normalized spacial score (nSPS) is 10.1. The van der Waals surface area contributed by atoms with Crippen LogP contribution in [0.2, 0.25) is 5.02 Å². The number of benzene rings is 1. The Hall–Kier alpha value is -1.72. The van der Waals surface area contributed by atoms with Gasteiger partial charge < -0.3 is 10.6 Å². The van der Waals surface area contributed by atoms with Gasteiger partial charge >= 0.3 is 0 Å². The standard InChI is InChI=1S/C14H13ClFN3S/c15-11-5-3-8-17-13(11)19-14(20)18-9-7-10-4-1-2-6-12(10)16/h1-6,8H,7,9H2,(H2,17,18,19,20). The molecule has 3 nitrogen and oxygen atoms in total. The van der Waals surface area contributed by atoms with E-state index in [2.05, 4.69) is 15.6 Å². The maximum absolute atomic E-state index is 13.4. The Kier molecular flexibility index (Phi) is 5.26. The molecule has 0 bridgehead atoms. The second-order valence-electron chi connectivity index (χ2n) is 4.06. The Balaban J connectivity index is 1.82. The van der Waals surface area contributed by atoms with Crippen molar-refractivity contribution < 1.29 is 4.39 Å². The van der Waals surface area contributed by atoms with Crippen molar-refractivity contribution in [3.05, 3.63) is 59.0 Å². The van der Waals surface area contributed by atoms with Crippen LogP contribution in [0.25, 0.3) is 0 Å². The molecule has 0 spiro atoms. The van der Waals surface area contributed by atoms with Crippen LogP contribution in [0.1, 0.15) is 5.56 Å². The summed E-state index contributed by atoms with van der Waals surface area (Å²) in [4.78, 5) is 4.07. The Morgan fingerprint density at radius 1 is 1.25 bits per heavy atom. The summed E-state index contributed by atoms with van der Waals surface area (Å²) >= 11 is 11.1. The topological polar surface area (TPSA) is 37.0 Å². The smallest absolute Gasteiger partial charge is 0.171 e. The van der Waals surface area contributed by atoms with E-state index < -0.39 is 0 Å². The van der Waals surface area contributed by atoms with Crippen molar-refractivity contribution in [1.29, 1.82) is 0 Å². The van der Waals surface area contributed by atoms with Crippen LogP contribution in [-0.4, -0.2) is 16.6 Å². The highest BCUT2D eigenvalue weighted by atomic mass is 35.5. The molecule has 104 valence electrons. The van der Waals surface area contributed by atoms with Crippen LogP contribution in [-0.2, 0) is 6.42 Å². The number of pyridine rings is 1. The van der Waals surface area contributed by atoms with Gasteiger partial charge in [0, 0.05) is 12.7 Å². The van der Waals surface area contributed by atoms with Gasteiger partial charge in [-0.15, -0.1) is 0 Å². The number of hydrogen-bond donors (Lipinski definition) is 2. The van der Waals surface area contributed by atoms with Crippen LogP contribution >= 0.6 is 23.8 Å². The van der Waals surface area contributed by atoms with Gasteiger partial charge in [0.05, 0.1) is 5.02 Å². The molecular formula is C14H13ClFN3S. The summed E-state index contributed by atoms with van der Waals surface area (Å²) in [5, 5.41) is 6.78. The highest BCUT2D eigenvalue weighted by molar-refractivity contribution is 7.80. The molecule has 0 unspecified atom stereocenters. The number of nitrogens with one attached hydrogen (secondary N) is 2. The summed E-state index contributed by atoms with van der Waals surface area (Å²) in [6.07, 6.45) is 2.17. The van der Waals surface area contributed by atoms with Gasteiger partial charge in [-0.2, -0.15) is 0 Å². The van der Waals surface area contributed by atoms with E-state index in [0.717, 1.165) is 0 Å². The number of rotatable bonds is 4. The molecule has 0 aliphatic heterocycles. The molecule has 0 atom stereocenters. The maximum Gasteiger partial charge on any atom is 0.171 e. The summed E-state index contributed by atoms with van der Waals surface area (Å²) in [5.74, 6) is 0.290. The molecular weight excluding hydrogens is 297 g/mol. The Bertz CT molecular complexity index is 606. The van der Waals surface area contributed by atoms with Crippen molar-refractivity contribution in [3.8, 4) is 0 Å². The molecule has 0 fully saturated rings. The lowest BCUT2D eigenvalue weighted by Gasteiger charge is -2.10. The second kappa shape index (κ2) is 7.17. The molecule has 0 aliphatic carbocycles. The molecule has 0 saturated heterocycles. The third kappa shape index (κ3) is 4.15. The number of hydrogen-bond acceptors (Lipinski definition) is 2. The van der Waals surface area contributed by atoms with Crippen molar-refractivity contribution in [2.24, 2.45) is 0 Å². The highest BCUT2D eigenvalue weighted by Gasteiger charge is 2.04. The van der Waals surface area contributed by atoms with Gasteiger partial charge in [-0.05, 0) is 42.4 Å². The van der Waals surface area contributed by atoms with Gasteiger partial charge in [-0.3, -0.25) is 0 Å². The first-order valence-corrected chi connectivity index (χ1v) is 6.84. The average molecular weight is 310 g/mol. The Labute approximate surface area is 127 Å². The molecule has 0 aliphatic rings. The largest absolute Gasteiger partial charge is 0.362 e. The summed E-state index contributed by atoms with van der Waals surface area (Å²) in [7, 11) is 0. The van der Waals surface area contributed by atoms with E-state index in [9.17, 15) is 4.39 Å². The summed E-state index contributed by atoms with van der Waals surface area (Å²) < 4.78 is 13.4. The fourth-order valence-corrected chi connectivity index (χ4v) is 2.01. The monoisotopic (exact) mass is 309 g/mol. The minimum atomic E-state index is -0.207. The van der Waals surface area contributed by atoms with Crippen LogP contribution in [0.5, 0.6) is 0 Å². The quantitative estimate of drug-likeness (QED) is 0.849. The Morgan fingerprint density at radius 3 is 2.80 bits per heavy atom. The first kappa shape index (κ1) is 14.7. The van der Waals surface area contributed by atoms with Gasteiger partial charge in [-0.25, -0.2) is 9.37 Å². The lowest BCUT2D eigenvalue weighted by Crippen LogP contribution is -2.30. The molecule has 6 heteroatoms. The summed E-state index contributed by atoms with van der Waals surface area (Å²) in [6.45, 7) is 0.525. The van der Waals surface area contributed by atoms with E-state index in [1.165, 1.54) is 6.07 Å². The molecule has 0 amide bonds. The molecule has 0 saturated carbocycles. The van der Waals surface area contributed by atoms with E-state index in [4.69, 9.17) is 23.8 Å². The third-order valence-corrected chi connectivity index (χ3v) is 3.18. The van der Waals surface area contributed by atoms with Crippen molar-refractivity contribution in [3.63, 3.8) is 0 Å². The molecule has 1 aromatic heterocycles. The van der Waals surface area contributed by atoms with Gasteiger partial charge in [0.25, 0.3) is 0 Å². The first-order valence-electron chi connectivity index (χ1n) is 6.05. The van der Waals surface area contributed by atoms with E-state index in [0.29, 0.717) is 34.5 Å². The zero-order valence-corrected chi connectivity index (χ0v) is 12.1. The minimum absolute atomic E-state index is 0.207. The van der Waals surface area contributed by atoms with Crippen molar-refractivity contribution in [2.45, 2.75) is 6.42 Å². The lowest BCUT2D eigenvalue weighted by molar-refractivity contribution is 0.607. The predicted molar refractivity (Wildman–Crippen MR) is 83.6 cm³/mol. The van der Waals surface area contributed by atoms with Crippen molar-refractivity contribution in [1.82, 2.24) is 10.3 Å². The zero-order valence-electron chi connectivity index (χ0n) is 10.6. The number of aromatic nitrogens is 1. The molecule has 0 radical (unpaired) electrons. The minimum Gasteiger partial charge on any atom is -0.362 e. The van der Waals surface area contributed by atoms with Gasteiger partial charge in [-0.1, -0.05) is 29.8 Å². The van der Waals surface area contributed by atoms with Crippen LogP contribution in [0, 0.1) is 5.82 Å². The predicted octanol–water partition coefficient (Wildman–Crippen LogP) is 3.40. The van der Waals surface area contributed by atoms with Crippen LogP contribution < -0.4 is 10.6 Å². The van der Waals surface area contributed by atoms with E-state index >= 15 is 0 Å². The van der Waals surface area contributed by atoms with Crippen LogP contribution in [0.4, 0.5) is 10.2 Å². The number of nitrogens with zero attached hydrogens (tertiary/aromatic N) is 1. The van der Waals surface area contributed by atoms with E-state index in [1.807, 2.05) is 6.07 Å². The van der Waals surface area contributed by atoms with Crippen molar-refractivity contribution in [2.75, 3.05) is 11.9 Å². The highest BCUT2D eigenvalue weighted by Crippen LogP contribution is 2.16. The summed E-state index contributed by atoms with van der Waals surface area (Å²) in [6, 6.07) is 10.1. The molecule has 20 heavy (non-hydrogen) atoms. The SMILES string of the molecule is Fc1ccccc1CCNC(=S)Nc1ncccc1Cl. The van der Waals surface area contributed by atoms with Gasteiger partial charge in [0.1, 0.15) is 5.82 Å². The number of halogens is 2. The van der Waals surface area contributed by atoms with Crippen LogP contribution in [0.3, 0.4) is 0 Å². The molecule has 1 aromatic carbocycles. The maximum atomic E-state index is 13.4. The Morgan fingerprint density at radius 2 is 2.05 bits per heavy atom. The number of anilines is 1. The van der Waals surface area contributed by atoms with Gasteiger partial charge in [0.15, 0.2) is 10.9 Å². The molecule has 2 rings (SSSR count). The van der Waals surface area contributed by atoms with E-state index in [1.54, 1.807) is 30.5 Å². The first-order chi connectivity index (χ1) is 9.66. The third-order valence-electron chi connectivity index (χ3n) is 2.63. The molecule has 2 aromatic rings. The second-order valence-corrected chi connectivity index (χ2v) is 4.87. The molecule has 1 heterocycles. The van der Waals surface area contributed by atoms with Crippen LogP contribution in [0.15, 0.2) is 42.6 Å². The van der Waals surface area contributed by atoms with Gasteiger partial charge in [0.2, 0.25) is 0 Å².